The lowest BCUT2D eigenvalue weighted by molar-refractivity contribution is 0.163. The SMILES string of the molecule is CCCNC1CC(c2ccc(Br)s2)C1CC. The maximum Gasteiger partial charge on any atom is 0.0701 e. The van der Waals surface area contributed by atoms with E-state index in [9.17, 15) is 0 Å². The minimum atomic E-state index is 0.760. The fourth-order valence-electron chi connectivity index (χ4n) is 2.70. The predicted molar refractivity (Wildman–Crippen MR) is 75.2 cm³/mol. The highest BCUT2D eigenvalue weighted by Crippen LogP contribution is 2.47. The van der Waals surface area contributed by atoms with Crippen molar-refractivity contribution in [2.45, 2.75) is 45.1 Å². The van der Waals surface area contributed by atoms with E-state index in [4.69, 9.17) is 0 Å². The van der Waals surface area contributed by atoms with Crippen LogP contribution < -0.4 is 5.32 Å². The molecule has 90 valence electrons. The summed E-state index contributed by atoms with van der Waals surface area (Å²) >= 11 is 5.46. The average molecular weight is 302 g/mol. The highest BCUT2D eigenvalue weighted by Gasteiger charge is 2.40. The number of halogens is 1. The molecular formula is C13H20BrNS. The fraction of sp³-hybridized carbons (Fsp3) is 0.692. The van der Waals surface area contributed by atoms with Crippen molar-refractivity contribution in [2.24, 2.45) is 5.92 Å². The molecule has 0 radical (unpaired) electrons. The molecule has 1 N–H and O–H groups in total. The van der Waals surface area contributed by atoms with Crippen molar-refractivity contribution in [1.29, 1.82) is 0 Å². The molecule has 16 heavy (non-hydrogen) atoms. The summed E-state index contributed by atoms with van der Waals surface area (Å²) < 4.78 is 1.27. The molecule has 0 aliphatic heterocycles. The topological polar surface area (TPSA) is 12.0 Å². The van der Waals surface area contributed by atoms with E-state index in [0.29, 0.717) is 0 Å². The van der Waals surface area contributed by atoms with Crippen LogP contribution in [0.15, 0.2) is 15.9 Å². The van der Waals surface area contributed by atoms with E-state index in [1.807, 2.05) is 11.3 Å². The van der Waals surface area contributed by atoms with Crippen molar-refractivity contribution in [1.82, 2.24) is 5.32 Å². The van der Waals surface area contributed by atoms with E-state index >= 15 is 0 Å². The zero-order valence-corrected chi connectivity index (χ0v) is 12.4. The van der Waals surface area contributed by atoms with E-state index in [0.717, 1.165) is 17.9 Å². The Balaban J connectivity index is 1.94. The van der Waals surface area contributed by atoms with Crippen LogP contribution in [0.3, 0.4) is 0 Å². The largest absolute Gasteiger partial charge is 0.314 e. The predicted octanol–water partition coefficient (Wildman–Crippen LogP) is 4.39. The lowest BCUT2D eigenvalue weighted by atomic mass is 9.67. The summed E-state index contributed by atoms with van der Waals surface area (Å²) in [6.07, 6.45) is 3.86. The molecule has 1 aromatic heterocycles. The second kappa shape index (κ2) is 5.65. The van der Waals surface area contributed by atoms with E-state index in [1.54, 1.807) is 4.88 Å². The van der Waals surface area contributed by atoms with Crippen LogP contribution in [-0.4, -0.2) is 12.6 Å². The second-order valence-corrected chi connectivity index (χ2v) is 7.11. The smallest absolute Gasteiger partial charge is 0.0701 e. The molecule has 0 amide bonds. The van der Waals surface area contributed by atoms with Gasteiger partial charge in [0.05, 0.1) is 3.79 Å². The first kappa shape index (κ1) is 12.6. The van der Waals surface area contributed by atoms with Gasteiger partial charge in [-0.05, 0) is 59.3 Å². The van der Waals surface area contributed by atoms with Gasteiger partial charge in [-0.1, -0.05) is 20.3 Å². The Morgan fingerprint density at radius 3 is 2.81 bits per heavy atom. The van der Waals surface area contributed by atoms with Crippen LogP contribution in [0.2, 0.25) is 0 Å². The van der Waals surface area contributed by atoms with Crippen molar-refractivity contribution < 1.29 is 0 Å². The van der Waals surface area contributed by atoms with Gasteiger partial charge in [-0.15, -0.1) is 11.3 Å². The third-order valence-corrected chi connectivity index (χ3v) is 5.38. The van der Waals surface area contributed by atoms with Gasteiger partial charge in [-0.2, -0.15) is 0 Å². The van der Waals surface area contributed by atoms with Gasteiger partial charge in [-0.3, -0.25) is 0 Å². The van der Waals surface area contributed by atoms with Gasteiger partial charge in [0.2, 0.25) is 0 Å². The highest BCUT2D eigenvalue weighted by molar-refractivity contribution is 9.11. The Labute approximate surface area is 111 Å². The van der Waals surface area contributed by atoms with E-state index in [1.165, 1.54) is 29.6 Å². The third-order valence-electron chi connectivity index (χ3n) is 3.63. The summed E-state index contributed by atoms with van der Waals surface area (Å²) in [7, 11) is 0. The molecule has 3 atom stereocenters. The number of thiophene rings is 1. The third kappa shape index (κ3) is 2.52. The monoisotopic (exact) mass is 301 g/mol. The summed E-state index contributed by atoms with van der Waals surface area (Å²) in [5, 5.41) is 3.67. The first-order chi connectivity index (χ1) is 7.76. The molecule has 1 nitrogen and oxygen atoms in total. The lowest BCUT2D eigenvalue weighted by Gasteiger charge is -2.44. The van der Waals surface area contributed by atoms with Crippen molar-refractivity contribution in [3.8, 4) is 0 Å². The molecule has 0 aromatic carbocycles. The van der Waals surface area contributed by atoms with Crippen LogP contribution in [-0.2, 0) is 0 Å². The van der Waals surface area contributed by atoms with Crippen molar-refractivity contribution >= 4 is 27.3 Å². The molecule has 1 aromatic rings. The molecule has 3 heteroatoms. The molecule has 1 aliphatic rings. The molecule has 2 rings (SSSR count). The van der Waals surface area contributed by atoms with Gasteiger partial charge >= 0.3 is 0 Å². The minimum Gasteiger partial charge on any atom is -0.314 e. The maximum absolute atomic E-state index is 3.67. The zero-order valence-electron chi connectivity index (χ0n) is 10.0. The van der Waals surface area contributed by atoms with Crippen LogP contribution in [0, 0.1) is 5.92 Å². The normalized spacial score (nSPS) is 29.1. The quantitative estimate of drug-likeness (QED) is 0.850. The van der Waals surface area contributed by atoms with Crippen molar-refractivity contribution in [3.63, 3.8) is 0 Å². The number of hydrogen-bond donors (Lipinski definition) is 1. The Kier molecular flexibility index (Phi) is 4.45. The Morgan fingerprint density at radius 2 is 2.25 bits per heavy atom. The summed E-state index contributed by atoms with van der Waals surface area (Å²) in [5.74, 6) is 1.65. The summed E-state index contributed by atoms with van der Waals surface area (Å²) in [4.78, 5) is 1.56. The average Bonchev–Trinajstić information content (AvgIpc) is 2.64. The molecule has 3 unspecified atom stereocenters. The lowest BCUT2D eigenvalue weighted by Crippen LogP contribution is -2.48. The number of nitrogens with one attached hydrogen (secondary N) is 1. The molecular weight excluding hydrogens is 282 g/mol. The van der Waals surface area contributed by atoms with Crippen LogP contribution in [0.5, 0.6) is 0 Å². The molecule has 0 saturated heterocycles. The first-order valence-electron chi connectivity index (χ1n) is 6.24. The van der Waals surface area contributed by atoms with Crippen molar-refractivity contribution in [2.75, 3.05) is 6.54 Å². The molecule has 1 fully saturated rings. The second-order valence-electron chi connectivity index (χ2n) is 4.62. The summed E-state index contributed by atoms with van der Waals surface area (Å²) in [6, 6.07) is 5.23. The Bertz CT molecular complexity index is 336. The fourth-order valence-corrected chi connectivity index (χ4v) is 4.31. The number of rotatable bonds is 5. The standard InChI is InChI=1S/C13H20BrNS/c1-3-7-15-11-8-10(9(11)4-2)12-5-6-13(14)16-12/h5-6,9-11,15H,3-4,7-8H2,1-2H3. The minimum absolute atomic E-state index is 0.760. The van der Waals surface area contributed by atoms with E-state index in [-0.39, 0.29) is 0 Å². The van der Waals surface area contributed by atoms with Gasteiger partial charge in [0.1, 0.15) is 0 Å². The Morgan fingerprint density at radius 1 is 1.44 bits per heavy atom. The van der Waals surface area contributed by atoms with Crippen LogP contribution in [0.1, 0.15) is 43.9 Å². The van der Waals surface area contributed by atoms with E-state index < -0.39 is 0 Å². The van der Waals surface area contributed by atoms with Crippen LogP contribution in [0.4, 0.5) is 0 Å². The summed E-state index contributed by atoms with van der Waals surface area (Å²) in [6.45, 7) is 5.72. The zero-order chi connectivity index (χ0) is 11.5. The van der Waals surface area contributed by atoms with Crippen LogP contribution in [0.25, 0.3) is 0 Å². The molecule has 0 bridgehead atoms. The highest BCUT2D eigenvalue weighted by atomic mass is 79.9. The molecule has 0 spiro atoms. The van der Waals surface area contributed by atoms with Gasteiger partial charge in [0.25, 0.3) is 0 Å². The Hall–Kier alpha value is 0.140. The number of hydrogen-bond acceptors (Lipinski definition) is 2. The van der Waals surface area contributed by atoms with Crippen molar-refractivity contribution in [3.05, 3.63) is 20.8 Å². The van der Waals surface area contributed by atoms with Crippen LogP contribution >= 0.6 is 27.3 Å². The maximum atomic E-state index is 3.67. The first-order valence-corrected chi connectivity index (χ1v) is 7.85. The molecule has 1 saturated carbocycles. The molecule has 1 heterocycles. The van der Waals surface area contributed by atoms with Gasteiger partial charge in [-0.25, -0.2) is 0 Å². The van der Waals surface area contributed by atoms with Gasteiger partial charge in [0, 0.05) is 10.9 Å². The van der Waals surface area contributed by atoms with Gasteiger partial charge in [0.15, 0.2) is 0 Å². The van der Waals surface area contributed by atoms with Gasteiger partial charge < -0.3 is 5.32 Å². The molecule has 1 aliphatic carbocycles. The van der Waals surface area contributed by atoms with E-state index in [2.05, 4.69) is 47.2 Å². The summed E-state index contributed by atoms with van der Waals surface area (Å²) in [5.41, 5.74) is 0.